The van der Waals surface area contributed by atoms with E-state index in [9.17, 15) is 0 Å². The summed E-state index contributed by atoms with van der Waals surface area (Å²) in [6.45, 7) is 2.25. The lowest BCUT2D eigenvalue weighted by Crippen LogP contribution is -2.11. The van der Waals surface area contributed by atoms with E-state index in [-0.39, 0.29) is 0 Å². The number of methoxy groups -OCH3 is 1. The Morgan fingerprint density at radius 1 is 1.67 bits per heavy atom. The van der Waals surface area contributed by atoms with Crippen molar-refractivity contribution in [2.24, 2.45) is 0 Å². The molecule has 2 nitrogen and oxygen atoms in total. The first-order valence-electron chi connectivity index (χ1n) is 3.22. The Labute approximate surface area is 56.1 Å². The Morgan fingerprint density at radius 2 is 2.44 bits per heavy atom. The van der Waals surface area contributed by atoms with Crippen molar-refractivity contribution >= 4 is 0 Å². The first kappa shape index (κ1) is 6.62. The lowest BCUT2D eigenvalue weighted by molar-refractivity contribution is 0.332. The molecule has 0 aromatic heterocycles. The Bertz CT molecular complexity index is 120. The minimum Gasteiger partial charge on any atom is -0.504 e. The molecule has 1 aliphatic rings. The van der Waals surface area contributed by atoms with Gasteiger partial charge in [0.15, 0.2) is 0 Å². The number of ether oxygens (including phenoxy) is 1. The fourth-order valence-electron chi connectivity index (χ4n) is 1.10. The van der Waals surface area contributed by atoms with Gasteiger partial charge in [-0.3, -0.25) is 0 Å². The predicted octanol–water partition coefficient (Wildman–Crippen LogP) is 0.852. The van der Waals surface area contributed by atoms with Crippen molar-refractivity contribution in [2.75, 3.05) is 27.2 Å². The lowest BCUT2D eigenvalue weighted by atomic mass is 10.3. The molecule has 0 spiro atoms. The maximum atomic E-state index is 4.89. The van der Waals surface area contributed by atoms with Gasteiger partial charge in [-0.25, -0.2) is 0 Å². The quantitative estimate of drug-likeness (QED) is 0.484. The molecule has 1 fully saturated rings. The molecule has 0 radical (unpaired) electrons. The fraction of sp³-hybridized carbons (Fsp3) is 0.714. The van der Waals surface area contributed by atoms with Crippen LogP contribution in [0.2, 0.25) is 0 Å². The van der Waals surface area contributed by atoms with Gasteiger partial charge in [-0.2, -0.15) is 0 Å². The summed E-state index contributed by atoms with van der Waals surface area (Å²) in [6.07, 6.45) is 3.02. The smallest absolute Gasteiger partial charge is 0.0829 e. The van der Waals surface area contributed by atoms with Gasteiger partial charge in [0.25, 0.3) is 0 Å². The molecule has 52 valence electrons. The van der Waals surface area contributed by atoms with Gasteiger partial charge >= 0.3 is 0 Å². The van der Waals surface area contributed by atoms with Crippen molar-refractivity contribution in [3.8, 4) is 0 Å². The van der Waals surface area contributed by atoms with Gasteiger partial charge in [0, 0.05) is 13.1 Å². The average Bonchev–Trinajstić information content (AvgIpc) is 2.17. The Morgan fingerprint density at radius 3 is 2.89 bits per heavy atom. The van der Waals surface area contributed by atoms with Crippen molar-refractivity contribution in [1.82, 2.24) is 4.90 Å². The van der Waals surface area contributed by atoms with E-state index in [1.807, 2.05) is 6.26 Å². The number of nitrogens with zero attached hydrogens (tertiary/aromatic N) is 1. The van der Waals surface area contributed by atoms with Crippen LogP contribution in [0.1, 0.15) is 6.42 Å². The molecule has 9 heavy (non-hydrogen) atoms. The number of likely N-dealkylation sites (N-methyl/N-ethyl adjacent to an activating group) is 1. The molecule has 2 heteroatoms. The minimum absolute atomic E-state index is 1.08. The van der Waals surface area contributed by atoms with Gasteiger partial charge < -0.3 is 9.64 Å². The molecule has 1 saturated heterocycles. The van der Waals surface area contributed by atoms with Gasteiger partial charge in [-0.15, -0.1) is 0 Å². The molecular formula is C7H13NO. The highest BCUT2D eigenvalue weighted by Crippen LogP contribution is 2.11. The van der Waals surface area contributed by atoms with E-state index in [0.717, 1.165) is 6.54 Å². The fourth-order valence-corrected chi connectivity index (χ4v) is 1.10. The van der Waals surface area contributed by atoms with Gasteiger partial charge in [0.05, 0.1) is 13.4 Å². The van der Waals surface area contributed by atoms with Crippen LogP contribution >= 0.6 is 0 Å². The molecule has 1 heterocycles. The number of hydrogen-bond acceptors (Lipinski definition) is 2. The summed E-state index contributed by atoms with van der Waals surface area (Å²) in [5, 5.41) is 0. The second kappa shape index (κ2) is 2.87. The van der Waals surface area contributed by atoms with Crippen molar-refractivity contribution in [3.05, 3.63) is 11.8 Å². The molecule has 0 aromatic rings. The summed E-state index contributed by atoms with van der Waals surface area (Å²) in [5.41, 5.74) is 1.40. The molecule has 0 N–H and O–H groups in total. The summed E-state index contributed by atoms with van der Waals surface area (Å²) >= 11 is 0. The molecule has 0 amide bonds. The highest BCUT2D eigenvalue weighted by Gasteiger charge is 2.11. The van der Waals surface area contributed by atoms with Gasteiger partial charge in [0.1, 0.15) is 0 Å². The Hall–Kier alpha value is -0.500. The summed E-state index contributed by atoms with van der Waals surface area (Å²) in [4.78, 5) is 2.28. The highest BCUT2D eigenvalue weighted by molar-refractivity contribution is 5.05. The molecule has 0 aromatic carbocycles. The topological polar surface area (TPSA) is 12.5 Å². The zero-order valence-electron chi connectivity index (χ0n) is 6.05. The van der Waals surface area contributed by atoms with E-state index < -0.39 is 0 Å². The van der Waals surface area contributed by atoms with Crippen molar-refractivity contribution in [1.29, 1.82) is 0 Å². The second-order valence-electron chi connectivity index (χ2n) is 2.50. The molecule has 0 atom stereocenters. The van der Waals surface area contributed by atoms with E-state index in [1.165, 1.54) is 18.5 Å². The van der Waals surface area contributed by atoms with Crippen molar-refractivity contribution in [2.45, 2.75) is 6.42 Å². The van der Waals surface area contributed by atoms with Crippen LogP contribution < -0.4 is 0 Å². The second-order valence-corrected chi connectivity index (χ2v) is 2.50. The van der Waals surface area contributed by atoms with Crippen LogP contribution in [0, 0.1) is 0 Å². The molecule has 1 aliphatic heterocycles. The van der Waals surface area contributed by atoms with Gasteiger partial charge in [-0.1, -0.05) is 0 Å². The van der Waals surface area contributed by atoms with Crippen LogP contribution in [-0.4, -0.2) is 32.1 Å². The number of hydrogen-bond donors (Lipinski definition) is 0. The largest absolute Gasteiger partial charge is 0.504 e. The third-order valence-corrected chi connectivity index (χ3v) is 1.57. The van der Waals surface area contributed by atoms with Gasteiger partial charge in [-0.05, 0) is 19.0 Å². The lowest BCUT2D eigenvalue weighted by Gasteiger charge is -2.01. The summed E-state index contributed by atoms with van der Waals surface area (Å²) in [7, 11) is 3.82. The van der Waals surface area contributed by atoms with Crippen molar-refractivity contribution < 1.29 is 4.74 Å². The molecule has 0 bridgehead atoms. The monoisotopic (exact) mass is 127 g/mol. The minimum atomic E-state index is 1.08. The number of rotatable bonds is 1. The van der Waals surface area contributed by atoms with Crippen LogP contribution in [0.25, 0.3) is 0 Å². The maximum Gasteiger partial charge on any atom is 0.0829 e. The van der Waals surface area contributed by atoms with Crippen LogP contribution in [0.4, 0.5) is 0 Å². The highest BCUT2D eigenvalue weighted by atomic mass is 16.5. The summed E-state index contributed by atoms with van der Waals surface area (Å²) in [6, 6.07) is 0. The van der Waals surface area contributed by atoms with E-state index >= 15 is 0 Å². The van der Waals surface area contributed by atoms with Crippen molar-refractivity contribution in [3.63, 3.8) is 0 Å². The molecular weight excluding hydrogens is 114 g/mol. The Kier molecular flexibility index (Phi) is 2.11. The van der Waals surface area contributed by atoms with Crippen LogP contribution in [0.5, 0.6) is 0 Å². The first-order valence-corrected chi connectivity index (χ1v) is 3.22. The average molecular weight is 127 g/mol. The summed E-state index contributed by atoms with van der Waals surface area (Å²) in [5.74, 6) is 0. The summed E-state index contributed by atoms with van der Waals surface area (Å²) < 4.78 is 4.89. The van der Waals surface area contributed by atoms with Crippen LogP contribution in [0.3, 0.4) is 0 Å². The third-order valence-electron chi connectivity index (χ3n) is 1.57. The zero-order valence-corrected chi connectivity index (χ0v) is 6.05. The van der Waals surface area contributed by atoms with E-state index in [4.69, 9.17) is 4.74 Å². The zero-order chi connectivity index (χ0) is 6.69. The van der Waals surface area contributed by atoms with Crippen LogP contribution in [0.15, 0.2) is 11.8 Å². The first-order chi connectivity index (χ1) is 4.33. The molecule has 0 unspecified atom stereocenters. The maximum absolute atomic E-state index is 4.89. The normalized spacial score (nSPS) is 25.3. The van der Waals surface area contributed by atoms with E-state index in [2.05, 4.69) is 11.9 Å². The third kappa shape index (κ3) is 1.72. The molecule has 0 saturated carbocycles. The SMILES string of the molecule is CO/C=C1/CCN(C)C1. The molecule has 0 aliphatic carbocycles. The van der Waals surface area contributed by atoms with Crippen LogP contribution in [-0.2, 0) is 4.74 Å². The number of likely N-dealkylation sites (tertiary alicyclic amines) is 1. The van der Waals surface area contributed by atoms with E-state index in [0.29, 0.717) is 0 Å². The molecule has 1 rings (SSSR count). The predicted molar refractivity (Wildman–Crippen MR) is 37.2 cm³/mol. The standard InChI is InChI=1S/C7H13NO/c1-8-4-3-7(5-8)6-9-2/h6H,3-5H2,1-2H3/b7-6-. The Balaban J connectivity index is 2.38. The van der Waals surface area contributed by atoms with E-state index in [1.54, 1.807) is 7.11 Å². The van der Waals surface area contributed by atoms with Gasteiger partial charge in [0.2, 0.25) is 0 Å².